The number of phenols is 1. The van der Waals surface area contributed by atoms with Gasteiger partial charge in [-0.25, -0.2) is 0 Å². The summed E-state index contributed by atoms with van der Waals surface area (Å²) in [4.78, 5) is 0. The molecule has 2 aromatic carbocycles. The van der Waals surface area contributed by atoms with Crippen molar-refractivity contribution >= 4 is 60.1 Å². The van der Waals surface area contributed by atoms with E-state index in [-0.39, 0.29) is 5.75 Å². The first kappa shape index (κ1) is 14.1. The van der Waals surface area contributed by atoms with E-state index in [4.69, 9.17) is 0 Å². The highest BCUT2D eigenvalue weighted by atomic mass is 127. The van der Waals surface area contributed by atoms with E-state index in [0.29, 0.717) is 15.5 Å². The molecule has 0 atom stereocenters. The third-order valence-corrected chi connectivity index (χ3v) is 4.35. The summed E-state index contributed by atoms with van der Waals surface area (Å²) < 4.78 is 2.60. The minimum Gasteiger partial charge on any atom is -0.506 e. The average molecular weight is 483 g/mol. The van der Waals surface area contributed by atoms with Gasteiger partial charge in [0, 0.05) is 15.8 Å². The molecular weight excluding hydrogens is 473 g/mol. The molecule has 0 spiro atoms. The van der Waals surface area contributed by atoms with Gasteiger partial charge in [0.1, 0.15) is 5.75 Å². The third-order valence-electron chi connectivity index (χ3n) is 2.42. The quantitative estimate of drug-likeness (QED) is 0.594. The molecule has 94 valence electrons. The molecule has 2 N–H and O–H groups in total. The molecule has 0 radical (unpaired) electrons. The van der Waals surface area contributed by atoms with E-state index in [0.717, 1.165) is 11.3 Å². The highest BCUT2D eigenvalue weighted by molar-refractivity contribution is 14.1. The monoisotopic (exact) mass is 481 g/mol. The summed E-state index contributed by atoms with van der Waals surface area (Å²) in [6.07, 6.45) is 0. The molecule has 0 saturated heterocycles. The van der Waals surface area contributed by atoms with E-state index in [1.54, 1.807) is 0 Å². The summed E-state index contributed by atoms with van der Waals surface area (Å²) in [5.74, 6) is 0.230. The van der Waals surface area contributed by atoms with Gasteiger partial charge in [-0.15, -0.1) is 0 Å². The van der Waals surface area contributed by atoms with Crippen LogP contribution in [0.3, 0.4) is 0 Å². The summed E-state index contributed by atoms with van der Waals surface area (Å²) in [6.45, 7) is 0.706. The molecule has 0 bridgehead atoms. The van der Waals surface area contributed by atoms with E-state index in [1.807, 2.05) is 24.3 Å². The number of hydrogen-bond donors (Lipinski definition) is 2. The first-order valence-corrected chi connectivity index (χ1v) is 7.89. The summed E-state index contributed by atoms with van der Waals surface area (Å²) in [5.41, 5.74) is 2.17. The minimum atomic E-state index is 0.230. The zero-order valence-corrected chi connectivity index (χ0v) is 14.6. The molecule has 0 aliphatic heterocycles. The fourth-order valence-corrected chi connectivity index (χ4v) is 3.13. The Morgan fingerprint density at radius 2 is 1.61 bits per heavy atom. The predicted molar refractivity (Wildman–Crippen MR) is 90.0 cm³/mol. The second kappa shape index (κ2) is 6.25. The summed E-state index contributed by atoms with van der Waals surface area (Å²) in [6, 6.07) is 12.0. The van der Waals surface area contributed by atoms with Gasteiger partial charge >= 0.3 is 0 Å². The van der Waals surface area contributed by atoms with Gasteiger partial charge in [0.25, 0.3) is 0 Å². The minimum absolute atomic E-state index is 0.230. The lowest BCUT2D eigenvalue weighted by Gasteiger charge is -2.09. The van der Waals surface area contributed by atoms with Crippen LogP contribution in [0.25, 0.3) is 0 Å². The molecule has 0 aromatic heterocycles. The third kappa shape index (κ3) is 3.61. The SMILES string of the molecule is Oc1c(Br)cc(CNc2ccc(I)cc2)cc1Br. The zero-order chi connectivity index (χ0) is 13.1. The largest absolute Gasteiger partial charge is 0.506 e. The van der Waals surface area contributed by atoms with Crippen LogP contribution in [0.2, 0.25) is 0 Å². The van der Waals surface area contributed by atoms with Crippen LogP contribution in [0.5, 0.6) is 5.75 Å². The molecule has 0 aliphatic carbocycles. The van der Waals surface area contributed by atoms with E-state index >= 15 is 0 Å². The van der Waals surface area contributed by atoms with Crippen molar-refractivity contribution in [3.05, 3.63) is 54.5 Å². The maximum atomic E-state index is 9.63. The Labute approximate surface area is 136 Å². The van der Waals surface area contributed by atoms with Crippen LogP contribution < -0.4 is 5.32 Å². The van der Waals surface area contributed by atoms with Crippen LogP contribution in [0.15, 0.2) is 45.3 Å². The second-order valence-corrected chi connectivity index (χ2v) is 6.72. The fourth-order valence-electron chi connectivity index (χ4n) is 1.49. The van der Waals surface area contributed by atoms with Gasteiger partial charge in [0.2, 0.25) is 0 Å². The number of aromatic hydroxyl groups is 1. The Balaban J connectivity index is 2.08. The van der Waals surface area contributed by atoms with Gasteiger partial charge in [-0.3, -0.25) is 0 Å². The number of nitrogens with one attached hydrogen (secondary N) is 1. The number of halogens is 3. The maximum absolute atomic E-state index is 9.63. The smallest absolute Gasteiger partial charge is 0.143 e. The van der Waals surface area contributed by atoms with Crippen molar-refractivity contribution in [2.24, 2.45) is 0 Å². The Morgan fingerprint density at radius 3 is 2.17 bits per heavy atom. The highest BCUT2D eigenvalue weighted by Gasteiger charge is 2.05. The topological polar surface area (TPSA) is 32.3 Å². The van der Waals surface area contributed by atoms with Gasteiger partial charge in [-0.2, -0.15) is 0 Å². The zero-order valence-electron chi connectivity index (χ0n) is 9.25. The molecule has 5 heteroatoms. The molecule has 18 heavy (non-hydrogen) atoms. The van der Waals surface area contributed by atoms with Crippen LogP contribution in [-0.4, -0.2) is 5.11 Å². The maximum Gasteiger partial charge on any atom is 0.143 e. The van der Waals surface area contributed by atoms with Crippen molar-refractivity contribution in [1.29, 1.82) is 0 Å². The van der Waals surface area contributed by atoms with E-state index in [1.165, 1.54) is 3.57 Å². The number of anilines is 1. The average Bonchev–Trinajstić information content (AvgIpc) is 2.35. The molecule has 0 aliphatic rings. The Kier molecular flexibility index (Phi) is 4.91. The van der Waals surface area contributed by atoms with Crippen molar-refractivity contribution < 1.29 is 5.11 Å². The van der Waals surface area contributed by atoms with E-state index in [2.05, 4.69) is 71.9 Å². The van der Waals surface area contributed by atoms with Crippen molar-refractivity contribution in [3.63, 3.8) is 0 Å². The standard InChI is InChI=1S/C13H10Br2INO/c14-11-5-8(6-12(15)13(11)18)7-17-10-3-1-9(16)2-4-10/h1-6,17-18H,7H2. The van der Waals surface area contributed by atoms with Gasteiger partial charge in [0.15, 0.2) is 0 Å². The molecule has 0 fully saturated rings. The van der Waals surface area contributed by atoms with Crippen molar-refractivity contribution in [3.8, 4) is 5.75 Å². The summed E-state index contributed by atoms with van der Waals surface area (Å²) in [7, 11) is 0. The predicted octanol–water partition coefficient (Wildman–Crippen LogP) is 5.13. The van der Waals surface area contributed by atoms with Gasteiger partial charge in [-0.1, -0.05) is 0 Å². The Morgan fingerprint density at radius 1 is 1.06 bits per heavy atom. The normalized spacial score (nSPS) is 10.4. The van der Waals surface area contributed by atoms with Crippen LogP contribution in [0.1, 0.15) is 5.56 Å². The first-order valence-electron chi connectivity index (χ1n) is 5.22. The molecule has 0 heterocycles. The summed E-state index contributed by atoms with van der Waals surface area (Å²) >= 11 is 8.93. The van der Waals surface area contributed by atoms with E-state index < -0.39 is 0 Å². The fraction of sp³-hybridized carbons (Fsp3) is 0.0769. The first-order chi connectivity index (χ1) is 8.56. The number of rotatable bonds is 3. The molecule has 2 aromatic rings. The van der Waals surface area contributed by atoms with Crippen LogP contribution in [0, 0.1) is 3.57 Å². The van der Waals surface area contributed by atoms with Crippen LogP contribution >= 0.6 is 54.5 Å². The molecule has 0 saturated carbocycles. The number of phenolic OH excluding ortho intramolecular Hbond substituents is 1. The van der Waals surface area contributed by atoms with Crippen molar-refractivity contribution in [2.75, 3.05) is 5.32 Å². The van der Waals surface area contributed by atoms with Gasteiger partial charge < -0.3 is 10.4 Å². The Bertz CT molecular complexity index is 534. The molecule has 0 amide bonds. The second-order valence-electron chi connectivity index (χ2n) is 3.77. The molecule has 0 unspecified atom stereocenters. The lowest BCUT2D eigenvalue weighted by atomic mass is 10.2. The molecule has 2 rings (SSSR count). The van der Waals surface area contributed by atoms with E-state index in [9.17, 15) is 5.11 Å². The van der Waals surface area contributed by atoms with Crippen molar-refractivity contribution in [2.45, 2.75) is 6.54 Å². The van der Waals surface area contributed by atoms with Crippen LogP contribution in [0.4, 0.5) is 5.69 Å². The molecule has 2 nitrogen and oxygen atoms in total. The highest BCUT2D eigenvalue weighted by Crippen LogP contribution is 2.33. The van der Waals surface area contributed by atoms with Crippen molar-refractivity contribution in [1.82, 2.24) is 0 Å². The van der Waals surface area contributed by atoms with Gasteiger partial charge in [-0.05, 0) is 96.4 Å². The molecular formula is C13H10Br2INO. The number of hydrogen-bond acceptors (Lipinski definition) is 2. The van der Waals surface area contributed by atoms with Crippen LogP contribution in [-0.2, 0) is 6.54 Å². The number of benzene rings is 2. The lowest BCUT2D eigenvalue weighted by molar-refractivity contribution is 0.468. The lowest BCUT2D eigenvalue weighted by Crippen LogP contribution is -1.99. The summed E-state index contributed by atoms with van der Waals surface area (Å²) in [5, 5.41) is 13.0. The van der Waals surface area contributed by atoms with Gasteiger partial charge in [0.05, 0.1) is 8.95 Å². The Hall–Kier alpha value is -0.270.